The Morgan fingerprint density at radius 1 is 1.63 bits per heavy atom. The maximum absolute atomic E-state index is 12.1. The molecule has 0 bridgehead atoms. The third-order valence-electron chi connectivity index (χ3n) is 3.33. The Balaban J connectivity index is 1.91. The molecule has 1 aromatic heterocycles. The largest absolute Gasteiger partial charge is 0.481 e. The summed E-state index contributed by atoms with van der Waals surface area (Å²) in [7, 11) is 0. The number of carboxylic acid groups (broad SMARTS) is 1. The summed E-state index contributed by atoms with van der Waals surface area (Å²) in [5, 5.41) is 11.8. The van der Waals surface area contributed by atoms with Gasteiger partial charge in [0.05, 0.1) is 12.0 Å². The van der Waals surface area contributed by atoms with Gasteiger partial charge in [0.15, 0.2) is 0 Å². The smallest absolute Gasteiger partial charge is 0.318 e. The molecular formula is C12H18N4O3. The Kier molecular flexibility index (Phi) is 4.03. The number of hydrogen-bond acceptors (Lipinski definition) is 3. The number of urea groups is 1. The highest BCUT2D eigenvalue weighted by molar-refractivity contribution is 5.76. The first-order valence-electron chi connectivity index (χ1n) is 6.35. The summed E-state index contributed by atoms with van der Waals surface area (Å²) in [4.78, 5) is 31.6. The highest BCUT2D eigenvalue weighted by Crippen LogP contribution is 2.17. The van der Waals surface area contributed by atoms with Crippen LogP contribution in [0, 0.1) is 5.92 Å². The van der Waals surface area contributed by atoms with Gasteiger partial charge in [0.25, 0.3) is 0 Å². The van der Waals surface area contributed by atoms with Gasteiger partial charge < -0.3 is 20.3 Å². The molecule has 7 heteroatoms. The molecule has 1 aromatic rings. The summed E-state index contributed by atoms with van der Waals surface area (Å²) >= 11 is 0. The molecule has 1 unspecified atom stereocenters. The van der Waals surface area contributed by atoms with Crippen LogP contribution in [0.5, 0.6) is 0 Å². The van der Waals surface area contributed by atoms with E-state index in [1.165, 1.54) is 0 Å². The highest BCUT2D eigenvalue weighted by atomic mass is 16.4. The number of rotatable bonds is 3. The van der Waals surface area contributed by atoms with Crippen molar-refractivity contribution in [1.82, 2.24) is 20.2 Å². The van der Waals surface area contributed by atoms with Crippen LogP contribution in [0.4, 0.5) is 4.79 Å². The molecule has 7 nitrogen and oxygen atoms in total. The van der Waals surface area contributed by atoms with Crippen molar-refractivity contribution in [3.63, 3.8) is 0 Å². The van der Waals surface area contributed by atoms with Gasteiger partial charge in [-0.15, -0.1) is 0 Å². The Hall–Kier alpha value is -2.05. The Morgan fingerprint density at radius 2 is 2.42 bits per heavy atom. The number of carbonyl (C=O) groups is 2. The van der Waals surface area contributed by atoms with Crippen molar-refractivity contribution >= 4 is 12.0 Å². The number of piperidine rings is 1. The quantitative estimate of drug-likeness (QED) is 0.759. The average molecular weight is 266 g/mol. The first-order valence-corrected chi connectivity index (χ1v) is 6.35. The van der Waals surface area contributed by atoms with E-state index in [0.717, 1.165) is 6.42 Å². The van der Waals surface area contributed by atoms with Gasteiger partial charge >= 0.3 is 12.0 Å². The van der Waals surface area contributed by atoms with Gasteiger partial charge in [-0.05, 0) is 19.8 Å². The van der Waals surface area contributed by atoms with E-state index in [1.807, 2.05) is 6.92 Å². The number of nitrogens with one attached hydrogen (secondary N) is 2. The molecular weight excluding hydrogens is 248 g/mol. The Bertz CT molecular complexity index is 446. The van der Waals surface area contributed by atoms with E-state index in [4.69, 9.17) is 5.11 Å². The van der Waals surface area contributed by atoms with Crippen LogP contribution in [-0.2, 0) is 4.79 Å². The topological polar surface area (TPSA) is 98.3 Å². The number of H-pyrrole nitrogens is 1. The van der Waals surface area contributed by atoms with E-state index in [0.29, 0.717) is 18.8 Å². The lowest BCUT2D eigenvalue weighted by molar-refractivity contribution is -0.143. The molecule has 2 atom stereocenters. The number of aliphatic carboxylic acids is 1. The number of carboxylic acids is 1. The molecule has 1 aliphatic heterocycles. The fourth-order valence-electron chi connectivity index (χ4n) is 2.22. The van der Waals surface area contributed by atoms with Crippen LogP contribution in [0.15, 0.2) is 12.4 Å². The fraction of sp³-hybridized carbons (Fsp3) is 0.583. The molecule has 104 valence electrons. The van der Waals surface area contributed by atoms with Crippen LogP contribution in [0.25, 0.3) is 0 Å². The molecule has 2 amide bonds. The summed E-state index contributed by atoms with van der Waals surface area (Å²) in [5.41, 5.74) is 0. The first-order chi connectivity index (χ1) is 9.08. The van der Waals surface area contributed by atoms with E-state index in [-0.39, 0.29) is 18.6 Å². The summed E-state index contributed by atoms with van der Waals surface area (Å²) in [6, 6.07) is -0.470. The lowest BCUT2D eigenvalue weighted by Gasteiger charge is -2.31. The predicted molar refractivity (Wildman–Crippen MR) is 67.5 cm³/mol. The lowest BCUT2D eigenvalue weighted by atomic mass is 9.99. The minimum atomic E-state index is -0.836. The number of aromatic nitrogens is 2. The number of carbonyl (C=O) groups excluding carboxylic acids is 1. The molecule has 19 heavy (non-hydrogen) atoms. The molecule has 1 fully saturated rings. The summed E-state index contributed by atoms with van der Waals surface area (Å²) in [6.45, 7) is 2.70. The van der Waals surface area contributed by atoms with Crippen molar-refractivity contribution in [3.8, 4) is 0 Å². The van der Waals surface area contributed by atoms with Crippen molar-refractivity contribution in [3.05, 3.63) is 18.2 Å². The van der Waals surface area contributed by atoms with Crippen LogP contribution >= 0.6 is 0 Å². The molecule has 3 N–H and O–H groups in total. The zero-order valence-corrected chi connectivity index (χ0v) is 10.8. The van der Waals surface area contributed by atoms with Crippen molar-refractivity contribution < 1.29 is 14.7 Å². The second-order valence-corrected chi connectivity index (χ2v) is 4.77. The Morgan fingerprint density at radius 3 is 3.05 bits per heavy atom. The number of nitrogens with zero attached hydrogens (tertiary/aromatic N) is 2. The van der Waals surface area contributed by atoms with E-state index in [2.05, 4.69) is 15.3 Å². The average Bonchev–Trinajstić information content (AvgIpc) is 2.92. The first kappa shape index (κ1) is 13.4. The molecule has 1 saturated heterocycles. The van der Waals surface area contributed by atoms with Crippen molar-refractivity contribution in [2.75, 3.05) is 13.1 Å². The van der Waals surface area contributed by atoms with Gasteiger partial charge in [-0.1, -0.05) is 0 Å². The number of aromatic amines is 1. The third-order valence-corrected chi connectivity index (χ3v) is 3.33. The molecule has 1 aliphatic rings. The van der Waals surface area contributed by atoms with Crippen molar-refractivity contribution in [2.24, 2.45) is 5.92 Å². The molecule has 0 aliphatic carbocycles. The van der Waals surface area contributed by atoms with Crippen LogP contribution in [0.2, 0.25) is 0 Å². The van der Waals surface area contributed by atoms with Crippen LogP contribution in [0.3, 0.4) is 0 Å². The normalized spacial score (nSPS) is 20.9. The number of hydrogen-bond donors (Lipinski definition) is 3. The highest BCUT2D eigenvalue weighted by Gasteiger charge is 2.28. The van der Waals surface area contributed by atoms with E-state index in [9.17, 15) is 9.59 Å². The second kappa shape index (κ2) is 5.73. The monoisotopic (exact) mass is 266 g/mol. The zero-order valence-electron chi connectivity index (χ0n) is 10.8. The number of likely N-dealkylation sites (tertiary alicyclic amines) is 1. The van der Waals surface area contributed by atoms with Crippen LogP contribution < -0.4 is 5.32 Å². The summed E-state index contributed by atoms with van der Waals surface area (Å²) in [5.74, 6) is -0.616. The number of imidazole rings is 1. The van der Waals surface area contributed by atoms with Gasteiger partial charge in [-0.3, -0.25) is 4.79 Å². The maximum Gasteiger partial charge on any atom is 0.318 e. The molecule has 0 radical (unpaired) electrons. The van der Waals surface area contributed by atoms with Crippen LogP contribution in [0.1, 0.15) is 31.6 Å². The molecule has 0 spiro atoms. The standard InChI is InChI=1S/C12H18N4O3/c1-8(10-13-4-5-14-10)15-12(19)16-6-2-3-9(7-16)11(17)18/h4-5,8-9H,2-3,6-7H2,1H3,(H,13,14)(H,15,19)(H,17,18)/t8?,9-/m0/s1. The van der Waals surface area contributed by atoms with Gasteiger partial charge in [-0.2, -0.15) is 0 Å². The molecule has 2 heterocycles. The van der Waals surface area contributed by atoms with Gasteiger partial charge in [0, 0.05) is 25.5 Å². The number of amides is 2. The van der Waals surface area contributed by atoms with E-state index in [1.54, 1.807) is 17.3 Å². The SMILES string of the molecule is CC(NC(=O)N1CCC[C@H](C(=O)O)C1)c1ncc[nH]1. The second-order valence-electron chi connectivity index (χ2n) is 4.77. The van der Waals surface area contributed by atoms with Crippen LogP contribution in [-0.4, -0.2) is 45.1 Å². The summed E-state index contributed by atoms with van der Waals surface area (Å²) < 4.78 is 0. The fourth-order valence-corrected chi connectivity index (χ4v) is 2.22. The van der Waals surface area contributed by atoms with Crippen molar-refractivity contribution in [2.45, 2.75) is 25.8 Å². The van der Waals surface area contributed by atoms with Gasteiger partial charge in [-0.25, -0.2) is 9.78 Å². The minimum absolute atomic E-state index is 0.229. The maximum atomic E-state index is 12.1. The predicted octanol–water partition coefficient (Wildman–Crippen LogP) is 0.977. The van der Waals surface area contributed by atoms with Gasteiger partial charge in [0.2, 0.25) is 0 Å². The molecule has 0 saturated carbocycles. The zero-order chi connectivity index (χ0) is 13.8. The van der Waals surface area contributed by atoms with Gasteiger partial charge in [0.1, 0.15) is 5.82 Å². The molecule has 2 rings (SSSR count). The Labute approximate surface area is 111 Å². The van der Waals surface area contributed by atoms with E-state index >= 15 is 0 Å². The van der Waals surface area contributed by atoms with Crippen molar-refractivity contribution in [1.29, 1.82) is 0 Å². The van der Waals surface area contributed by atoms with E-state index < -0.39 is 11.9 Å². The molecule has 0 aromatic carbocycles. The third kappa shape index (κ3) is 3.24. The minimum Gasteiger partial charge on any atom is -0.481 e. The summed E-state index contributed by atoms with van der Waals surface area (Å²) in [6.07, 6.45) is 4.67. The lowest BCUT2D eigenvalue weighted by Crippen LogP contribution is -2.47.